The summed E-state index contributed by atoms with van der Waals surface area (Å²) < 4.78 is 52.0. The number of likely N-dealkylation sites (N-methyl/N-ethyl adjacent to an activating group) is 1. The van der Waals surface area contributed by atoms with Crippen molar-refractivity contribution in [2.24, 2.45) is 0 Å². The zero-order valence-corrected chi connectivity index (χ0v) is 13.6. The molecule has 0 spiro atoms. The summed E-state index contributed by atoms with van der Waals surface area (Å²) >= 11 is 0. The number of carbonyl (C=O) groups is 1. The smallest absolute Gasteiger partial charge is 0.352 e. The summed E-state index contributed by atoms with van der Waals surface area (Å²) in [6, 6.07) is 2.59. The van der Waals surface area contributed by atoms with Crippen LogP contribution < -0.4 is 5.32 Å². The van der Waals surface area contributed by atoms with Crippen LogP contribution in [0.3, 0.4) is 0 Å². The van der Waals surface area contributed by atoms with Crippen LogP contribution in [0, 0.1) is 5.82 Å². The van der Waals surface area contributed by atoms with Crippen molar-refractivity contribution in [1.29, 1.82) is 0 Å². The largest absolute Gasteiger partial charge is 0.416 e. The maximum Gasteiger partial charge on any atom is 0.416 e. The van der Waals surface area contributed by atoms with Crippen molar-refractivity contribution in [2.45, 2.75) is 24.4 Å². The Morgan fingerprint density at radius 3 is 2.50 bits per heavy atom. The highest BCUT2D eigenvalue weighted by Gasteiger charge is 2.45. The van der Waals surface area contributed by atoms with Gasteiger partial charge in [0.25, 0.3) is 0 Å². The van der Waals surface area contributed by atoms with E-state index in [-0.39, 0.29) is 18.0 Å². The van der Waals surface area contributed by atoms with Crippen LogP contribution in [-0.2, 0) is 16.4 Å². The second-order valence-corrected chi connectivity index (χ2v) is 6.39. The number of rotatable bonds is 6. The highest BCUT2D eigenvalue weighted by atomic mass is 19.4. The molecule has 0 saturated heterocycles. The number of nitrogens with zero attached hydrogens (tertiary/aromatic N) is 1. The summed E-state index contributed by atoms with van der Waals surface area (Å²) in [7, 11) is 3.73. The summed E-state index contributed by atoms with van der Waals surface area (Å²) in [5.74, 6) is -1.22. The summed E-state index contributed by atoms with van der Waals surface area (Å²) in [4.78, 5) is 13.6. The van der Waals surface area contributed by atoms with Crippen molar-refractivity contribution in [3.05, 3.63) is 47.3 Å². The van der Waals surface area contributed by atoms with Crippen molar-refractivity contribution < 1.29 is 22.4 Å². The van der Waals surface area contributed by atoms with Gasteiger partial charge in [-0.15, -0.1) is 0 Å². The van der Waals surface area contributed by atoms with Crippen molar-refractivity contribution in [3.8, 4) is 0 Å². The minimum atomic E-state index is -4.59. The molecule has 0 radical (unpaired) electrons. The summed E-state index contributed by atoms with van der Waals surface area (Å²) in [6.07, 6.45) is -0.266. The molecule has 3 nitrogen and oxygen atoms in total. The maximum absolute atomic E-state index is 13.6. The standard InChI is InChI=1S/C17H20F4N2O/c1-23(2)7-3-4-15(24)22-11-16(5-6-16)12-8-13(17(19,20)21)10-14(18)9-12/h3-4,8-10H,5-7,11H2,1-2H3,(H,22,24)/b4-3+. The second kappa shape index (κ2) is 6.93. The second-order valence-electron chi connectivity index (χ2n) is 6.39. The van der Waals surface area contributed by atoms with Gasteiger partial charge < -0.3 is 10.2 Å². The molecule has 0 aliphatic heterocycles. The molecule has 1 amide bonds. The fourth-order valence-electron chi connectivity index (χ4n) is 2.46. The van der Waals surface area contributed by atoms with E-state index in [0.29, 0.717) is 25.5 Å². The third-order valence-electron chi connectivity index (χ3n) is 4.03. The maximum atomic E-state index is 13.6. The summed E-state index contributed by atoms with van der Waals surface area (Å²) in [5.41, 5.74) is -1.32. The van der Waals surface area contributed by atoms with Gasteiger partial charge in [-0.05, 0) is 50.7 Å². The van der Waals surface area contributed by atoms with Gasteiger partial charge in [-0.3, -0.25) is 4.79 Å². The van der Waals surface area contributed by atoms with Gasteiger partial charge in [0.05, 0.1) is 5.56 Å². The van der Waals surface area contributed by atoms with E-state index in [0.717, 1.165) is 12.1 Å². The number of carbonyl (C=O) groups excluding carboxylic acids is 1. The molecule has 7 heteroatoms. The summed E-state index contributed by atoms with van der Waals surface area (Å²) in [6.45, 7) is 0.802. The van der Waals surface area contributed by atoms with E-state index in [1.54, 1.807) is 6.08 Å². The van der Waals surface area contributed by atoms with E-state index in [1.807, 2.05) is 19.0 Å². The van der Waals surface area contributed by atoms with E-state index < -0.39 is 23.0 Å². The van der Waals surface area contributed by atoms with Crippen LogP contribution in [0.25, 0.3) is 0 Å². The van der Waals surface area contributed by atoms with Crippen LogP contribution in [-0.4, -0.2) is 38.0 Å². The van der Waals surface area contributed by atoms with Crippen molar-refractivity contribution >= 4 is 5.91 Å². The minimum Gasteiger partial charge on any atom is -0.352 e. The number of nitrogens with one attached hydrogen (secondary N) is 1. The lowest BCUT2D eigenvalue weighted by molar-refractivity contribution is -0.137. The zero-order chi connectivity index (χ0) is 18.0. The topological polar surface area (TPSA) is 32.3 Å². The van der Waals surface area contributed by atoms with E-state index in [2.05, 4.69) is 5.32 Å². The van der Waals surface area contributed by atoms with E-state index in [1.165, 1.54) is 6.08 Å². The molecule has 1 saturated carbocycles. The Kier molecular flexibility index (Phi) is 5.32. The normalized spacial score (nSPS) is 16.6. The Balaban J connectivity index is 2.05. The third-order valence-corrected chi connectivity index (χ3v) is 4.03. The quantitative estimate of drug-likeness (QED) is 0.635. The number of hydrogen-bond acceptors (Lipinski definition) is 2. The molecule has 1 aliphatic rings. The summed E-state index contributed by atoms with van der Waals surface area (Å²) in [5, 5.41) is 2.69. The molecule has 1 fully saturated rings. The molecule has 0 unspecified atom stereocenters. The van der Waals surface area contributed by atoms with Crippen LogP contribution in [0.15, 0.2) is 30.4 Å². The number of alkyl halides is 3. The number of halogens is 4. The Labute approximate surface area is 138 Å². The first-order valence-corrected chi connectivity index (χ1v) is 7.60. The molecule has 132 valence electrons. The Morgan fingerprint density at radius 1 is 1.29 bits per heavy atom. The van der Waals surface area contributed by atoms with Gasteiger partial charge in [0.1, 0.15) is 5.82 Å². The zero-order valence-electron chi connectivity index (χ0n) is 13.6. The molecule has 0 aromatic heterocycles. The van der Waals surface area contributed by atoms with Gasteiger partial charge in [-0.2, -0.15) is 13.2 Å². The first kappa shape index (κ1) is 18.4. The van der Waals surface area contributed by atoms with Gasteiger partial charge in [0.2, 0.25) is 5.91 Å². The Morgan fingerprint density at radius 2 is 1.96 bits per heavy atom. The van der Waals surface area contributed by atoms with Crippen LogP contribution in [0.5, 0.6) is 0 Å². The number of amides is 1. The lowest BCUT2D eigenvalue weighted by atomic mass is 9.94. The van der Waals surface area contributed by atoms with Crippen molar-refractivity contribution in [2.75, 3.05) is 27.2 Å². The third kappa shape index (κ3) is 4.80. The van der Waals surface area contributed by atoms with Gasteiger partial charge in [-0.25, -0.2) is 4.39 Å². The highest BCUT2D eigenvalue weighted by molar-refractivity contribution is 5.87. The average molecular weight is 344 g/mol. The highest BCUT2D eigenvalue weighted by Crippen LogP contribution is 2.48. The Hall–Kier alpha value is -1.89. The number of benzene rings is 1. The van der Waals surface area contributed by atoms with Crippen LogP contribution in [0.1, 0.15) is 24.0 Å². The van der Waals surface area contributed by atoms with E-state index in [9.17, 15) is 22.4 Å². The predicted molar refractivity (Wildman–Crippen MR) is 83.0 cm³/mol. The molecular weight excluding hydrogens is 324 g/mol. The molecule has 1 aromatic carbocycles. The molecular formula is C17H20F4N2O. The number of hydrogen-bond donors (Lipinski definition) is 1. The van der Waals surface area contributed by atoms with Crippen molar-refractivity contribution in [3.63, 3.8) is 0 Å². The SMILES string of the molecule is CN(C)C/C=C/C(=O)NCC1(c2cc(F)cc(C(F)(F)F)c2)CC1. The molecule has 0 bridgehead atoms. The average Bonchev–Trinajstić information content (AvgIpc) is 3.24. The Bertz CT molecular complexity index is 634. The van der Waals surface area contributed by atoms with Crippen LogP contribution in [0.2, 0.25) is 0 Å². The molecule has 2 rings (SSSR count). The molecule has 0 heterocycles. The fraction of sp³-hybridized carbons (Fsp3) is 0.471. The molecule has 1 N–H and O–H groups in total. The monoisotopic (exact) mass is 344 g/mol. The molecule has 0 atom stereocenters. The molecule has 1 aliphatic carbocycles. The van der Waals surface area contributed by atoms with E-state index in [4.69, 9.17) is 0 Å². The van der Waals surface area contributed by atoms with Gasteiger partial charge in [-0.1, -0.05) is 6.08 Å². The van der Waals surface area contributed by atoms with Crippen LogP contribution in [0.4, 0.5) is 17.6 Å². The molecule has 1 aromatic rings. The van der Waals surface area contributed by atoms with Gasteiger partial charge >= 0.3 is 6.18 Å². The predicted octanol–water partition coefficient (Wildman–Crippen LogP) is 3.11. The van der Waals surface area contributed by atoms with E-state index >= 15 is 0 Å². The lowest BCUT2D eigenvalue weighted by Gasteiger charge is -2.18. The first-order valence-electron chi connectivity index (χ1n) is 7.60. The fourth-order valence-corrected chi connectivity index (χ4v) is 2.46. The molecule has 24 heavy (non-hydrogen) atoms. The lowest BCUT2D eigenvalue weighted by Crippen LogP contribution is -2.31. The first-order chi connectivity index (χ1) is 11.1. The van der Waals surface area contributed by atoms with Crippen LogP contribution >= 0.6 is 0 Å². The van der Waals surface area contributed by atoms with Gasteiger partial charge in [0.15, 0.2) is 0 Å². The van der Waals surface area contributed by atoms with Crippen molar-refractivity contribution in [1.82, 2.24) is 10.2 Å². The minimum absolute atomic E-state index is 0.193. The van der Waals surface area contributed by atoms with Gasteiger partial charge in [0, 0.05) is 24.6 Å².